The molecule has 1 aliphatic rings. The number of hydrogen-bond acceptors (Lipinski definition) is 8. The number of alkyl carbamates (subject to hydrolysis) is 1. The summed E-state index contributed by atoms with van der Waals surface area (Å²) in [6, 6.07) is 16.6. The molecule has 2 aromatic carbocycles. The Labute approximate surface area is 283 Å². The Bertz CT molecular complexity index is 1580. The van der Waals surface area contributed by atoms with Gasteiger partial charge < -0.3 is 34.9 Å². The van der Waals surface area contributed by atoms with Crippen molar-refractivity contribution in [3.63, 3.8) is 0 Å². The quantitative estimate of drug-likeness (QED) is 0.263. The van der Waals surface area contributed by atoms with Crippen LogP contribution in [0.3, 0.4) is 0 Å². The normalized spacial score (nSPS) is 15.2. The molecule has 0 saturated carbocycles. The maximum absolute atomic E-state index is 13.7. The van der Waals surface area contributed by atoms with E-state index in [0.29, 0.717) is 24.6 Å². The molecule has 4 rings (SSSR count). The minimum atomic E-state index is -1.44. The maximum Gasteiger partial charge on any atom is 0.408 e. The first-order valence-electron chi connectivity index (χ1n) is 15.7. The van der Waals surface area contributed by atoms with Gasteiger partial charge in [0.25, 0.3) is 5.91 Å². The van der Waals surface area contributed by atoms with Gasteiger partial charge in [-0.2, -0.15) is 0 Å². The lowest BCUT2D eigenvalue weighted by molar-refractivity contribution is -0.133. The van der Waals surface area contributed by atoms with Crippen LogP contribution < -0.4 is 16.0 Å². The van der Waals surface area contributed by atoms with E-state index in [1.165, 1.54) is 20.2 Å². The second kappa shape index (κ2) is 16.0. The van der Waals surface area contributed by atoms with Gasteiger partial charge in [-0.1, -0.05) is 60.7 Å². The Morgan fingerprint density at radius 1 is 0.938 bits per heavy atom. The van der Waals surface area contributed by atoms with E-state index in [-0.39, 0.29) is 24.9 Å². The number of aromatic nitrogens is 2. The number of amides is 4. The number of hydrogen-bond donors (Lipinski definition) is 3. The van der Waals surface area contributed by atoms with E-state index in [1.807, 2.05) is 60.7 Å². The Hall–Kier alpha value is -4.56. The molecule has 2 heterocycles. The molecule has 2 atom stereocenters. The number of nitrogens with one attached hydrogen (secondary N) is 3. The molecule has 1 fully saturated rings. The molecule has 48 heavy (non-hydrogen) atoms. The van der Waals surface area contributed by atoms with Crippen molar-refractivity contribution in [1.29, 1.82) is 0 Å². The number of rotatable bonds is 12. The van der Waals surface area contributed by atoms with Gasteiger partial charge in [-0.25, -0.2) is 9.78 Å². The third-order valence-corrected chi connectivity index (χ3v) is 8.66. The van der Waals surface area contributed by atoms with Crippen LogP contribution in [0.2, 0.25) is 0 Å². The first kappa shape index (κ1) is 36.3. The largest absolute Gasteiger partial charge is 0.444 e. The Balaban J connectivity index is 1.50. The van der Waals surface area contributed by atoms with Crippen molar-refractivity contribution in [3.8, 4) is 0 Å². The molecule has 4 amide bonds. The highest BCUT2D eigenvalue weighted by atomic mass is 32.2. The molecule has 258 valence electrons. The molecule has 1 aromatic heterocycles. The molecule has 0 aliphatic carbocycles. The van der Waals surface area contributed by atoms with E-state index in [4.69, 9.17) is 9.47 Å². The molecule has 1 aliphatic heterocycles. The van der Waals surface area contributed by atoms with Crippen molar-refractivity contribution in [1.82, 2.24) is 25.1 Å². The van der Waals surface area contributed by atoms with Gasteiger partial charge in [0.05, 0.1) is 19.5 Å². The van der Waals surface area contributed by atoms with Crippen LogP contribution in [0, 0.1) is 0 Å². The average molecular weight is 681 g/mol. The number of benzene rings is 2. The topological polar surface area (TPSA) is 161 Å². The summed E-state index contributed by atoms with van der Waals surface area (Å²) in [5.74, 6) is -0.436. The van der Waals surface area contributed by atoms with Crippen molar-refractivity contribution in [2.45, 2.75) is 64.4 Å². The number of anilines is 1. The standard InChI is InChI=1S/C34H44N6O7S/c1-33(2,3)47-32(44)38-34(4,5)31(43)36-26(22-46-21-24-12-8-6-9-13-24)29(41)37-27-20-40(23-35-27)28(25-14-10-7-11-15-25)30(42)39-16-18-48(45)19-17-39/h6-15,20,23,26,28H,16-19,21-22H2,1-5H3,(H,36,43)(H,37,41)(H,38,44)/t26-,28?/m1/s1. The second-order valence-corrected chi connectivity index (χ2v) is 14.7. The zero-order chi connectivity index (χ0) is 34.9. The molecular weight excluding hydrogens is 636 g/mol. The van der Waals surface area contributed by atoms with Gasteiger partial charge in [-0.15, -0.1) is 0 Å². The van der Waals surface area contributed by atoms with Crippen LogP contribution in [0.5, 0.6) is 0 Å². The SMILES string of the molecule is CC(C)(C)OC(=O)NC(C)(C)C(=O)N[C@H](COCc1ccccc1)C(=O)Nc1cn(C(C(=O)N2CCS(=O)CC2)c2ccccc2)cn1. The average Bonchev–Trinajstić information content (AvgIpc) is 3.48. The lowest BCUT2D eigenvalue weighted by Crippen LogP contribution is -2.59. The lowest BCUT2D eigenvalue weighted by Gasteiger charge is -2.30. The minimum absolute atomic E-state index is 0.155. The smallest absolute Gasteiger partial charge is 0.408 e. The lowest BCUT2D eigenvalue weighted by atomic mass is 10.0. The van der Waals surface area contributed by atoms with E-state index in [9.17, 15) is 23.4 Å². The fourth-order valence-corrected chi connectivity index (χ4v) is 5.92. The molecule has 0 spiro atoms. The summed E-state index contributed by atoms with van der Waals surface area (Å²) in [5, 5.41) is 7.96. The highest BCUT2D eigenvalue weighted by Gasteiger charge is 2.35. The third kappa shape index (κ3) is 10.5. The van der Waals surface area contributed by atoms with Crippen LogP contribution in [0.15, 0.2) is 73.2 Å². The summed E-state index contributed by atoms with van der Waals surface area (Å²) < 4.78 is 24.7. The Kier molecular flexibility index (Phi) is 12.1. The van der Waals surface area contributed by atoms with Crippen LogP contribution in [0.4, 0.5) is 10.6 Å². The van der Waals surface area contributed by atoms with E-state index in [2.05, 4.69) is 20.9 Å². The maximum atomic E-state index is 13.7. The van der Waals surface area contributed by atoms with Crippen molar-refractivity contribution >= 4 is 40.4 Å². The van der Waals surface area contributed by atoms with Crippen LogP contribution >= 0.6 is 0 Å². The molecular formula is C34H44N6O7S. The summed E-state index contributed by atoms with van der Waals surface area (Å²) in [6.07, 6.45) is 2.23. The number of imidazole rings is 1. The summed E-state index contributed by atoms with van der Waals surface area (Å²) in [5.41, 5.74) is -0.605. The van der Waals surface area contributed by atoms with E-state index >= 15 is 0 Å². The van der Waals surface area contributed by atoms with Gasteiger partial charge in [-0.3, -0.25) is 18.6 Å². The number of carbonyl (C=O) groups is 4. The first-order valence-corrected chi connectivity index (χ1v) is 17.2. The second-order valence-electron chi connectivity index (χ2n) is 13.0. The zero-order valence-electron chi connectivity index (χ0n) is 27.9. The van der Waals surface area contributed by atoms with Gasteiger partial charge in [0.15, 0.2) is 5.82 Å². The Morgan fingerprint density at radius 3 is 2.19 bits per heavy atom. The summed E-state index contributed by atoms with van der Waals surface area (Å²) in [6.45, 7) is 8.90. The Morgan fingerprint density at radius 2 is 1.56 bits per heavy atom. The minimum Gasteiger partial charge on any atom is -0.444 e. The van der Waals surface area contributed by atoms with Gasteiger partial charge in [0.1, 0.15) is 23.2 Å². The molecule has 13 nitrogen and oxygen atoms in total. The van der Waals surface area contributed by atoms with Gasteiger partial charge in [-0.05, 0) is 45.7 Å². The van der Waals surface area contributed by atoms with Crippen LogP contribution in [0.25, 0.3) is 0 Å². The molecule has 1 saturated heterocycles. The monoisotopic (exact) mass is 680 g/mol. The molecule has 0 bridgehead atoms. The summed E-state index contributed by atoms with van der Waals surface area (Å²) in [7, 11) is -0.946. The fourth-order valence-electron chi connectivity index (χ4n) is 4.87. The summed E-state index contributed by atoms with van der Waals surface area (Å²) in [4.78, 5) is 59.2. The van der Waals surface area contributed by atoms with E-state index in [1.54, 1.807) is 36.4 Å². The van der Waals surface area contributed by atoms with E-state index < -0.39 is 51.9 Å². The van der Waals surface area contributed by atoms with Crippen LogP contribution in [-0.4, -0.2) is 90.9 Å². The number of ether oxygens (including phenoxy) is 2. The molecule has 3 aromatic rings. The van der Waals surface area contributed by atoms with Crippen molar-refractivity contribution in [2.24, 2.45) is 0 Å². The van der Waals surface area contributed by atoms with E-state index in [0.717, 1.165) is 11.1 Å². The molecule has 3 N–H and O–H groups in total. The zero-order valence-corrected chi connectivity index (χ0v) is 28.7. The van der Waals surface area contributed by atoms with Crippen molar-refractivity contribution in [2.75, 3.05) is 36.5 Å². The highest BCUT2D eigenvalue weighted by molar-refractivity contribution is 7.85. The van der Waals surface area contributed by atoms with Crippen molar-refractivity contribution in [3.05, 3.63) is 84.3 Å². The van der Waals surface area contributed by atoms with Gasteiger partial charge >= 0.3 is 6.09 Å². The predicted octanol–water partition coefficient (Wildman–Crippen LogP) is 3.01. The fraction of sp³-hybridized carbons (Fsp3) is 0.441. The van der Waals surface area contributed by atoms with Gasteiger partial charge in [0, 0.05) is 41.6 Å². The first-order chi connectivity index (χ1) is 22.7. The third-order valence-electron chi connectivity index (χ3n) is 7.39. The molecule has 14 heteroatoms. The van der Waals surface area contributed by atoms with Gasteiger partial charge in [0.2, 0.25) is 11.8 Å². The predicted molar refractivity (Wildman–Crippen MR) is 181 cm³/mol. The van der Waals surface area contributed by atoms with Crippen molar-refractivity contribution < 1.29 is 32.9 Å². The number of nitrogens with zero attached hydrogens (tertiary/aromatic N) is 3. The number of carbonyl (C=O) groups excluding carboxylic acids is 4. The molecule has 1 unspecified atom stereocenters. The van der Waals surface area contributed by atoms with Crippen LogP contribution in [-0.2, 0) is 41.3 Å². The highest BCUT2D eigenvalue weighted by Crippen LogP contribution is 2.23. The van der Waals surface area contributed by atoms with Crippen LogP contribution in [0.1, 0.15) is 51.8 Å². The summed E-state index contributed by atoms with van der Waals surface area (Å²) >= 11 is 0. The molecule has 0 radical (unpaired) electrons.